The molecule has 1 rings (SSSR count). The molecular formula is C12H25NO. The van der Waals surface area contributed by atoms with Crippen LogP contribution in [-0.2, 0) is 0 Å². The van der Waals surface area contributed by atoms with Gasteiger partial charge in [0.1, 0.15) is 0 Å². The van der Waals surface area contributed by atoms with Gasteiger partial charge in [-0.3, -0.25) is 4.90 Å². The Labute approximate surface area is 88.3 Å². The van der Waals surface area contributed by atoms with E-state index < -0.39 is 0 Å². The summed E-state index contributed by atoms with van der Waals surface area (Å²) in [6.07, 6.45) is 3.08. The Bertz CT molecular complexity index is 166. The molecule has 0 aromatic heterocycles. The minimum atomic E-state index is -0.0613. The average molecular weight is 199 g/mol. The van der Waals surface area contributed by atoms with Crippen molar-refractivity contribution in [2.24, 2.45) is 5.92 Å². The zero-order chi connectivity index (χ0) is 10.7. The zero-order valence-electron chi connectivity index (χ0n) is 10.0. The molecule has 1 aliphatic rings. The monoisotopic (exact) mass is 199 g/mol. The van der Waals surface area contributed by atoms with Crippen LogP contribution in [0.3, 0.4) is 0 Å². The van der Waals surface area contributed by atoms with E-state index in [1.54, 1.807) is 0 Å². The molecule has 1 heterocycles. The van der Waals surface area contributed by atoms with Crippen LogP contribution < -0.4 is 0 Å². The van der Waals surface area contributed by atoms with Gasteiger partial charge < -0.3 is 5.11 Å². The number of rotatable bonds is 3. The summed E-state index contributed by atoms with van der Waals surface area (Å²) in [5.74, 6) is 0.728. The van der Waals surface area contributed by atoms with Crippen molar-refractivity contribution in [3.8, 4) is 0 Å². The molecule has 0 aromatic rings. The van der Waals surface area contributed by atoms with Gasteiger partial charge in [0, 0.05) is 18.6 Å². The van der Waals surface area contributed by atoms with Gasteiger partial charge in [-0.25, -0.2) is 0 Å². The van der Waals surface area contributed by atoms with Gasteiger partial charge in [-0.15, -0.1) is 0 Å². The highest BCUT2D eigenvalue weighted by Gasteiger charge is 2.29. The summed E-state index contributed by atoms with van der Waals surface area (Å²) in [4.78, 5) is 2.55. The summed E-state index contributed by atoms with van der Waals surface area (Å²) in [5, 5.41) is 9.67. The van der Waals surface area contributed by atoms with Crippen molar-refractivity contribution in [3.05, 3.63) is 0 Å². The highest BCUT2D eigenvalue weighted by molar-refractivity contribution is 4.83. The Morgan fingerprint density at radius 3 is 2.43 bits per heavy atom. The SMILES string of the molecule is CC(C)CC1CC(O)CCN1C(C)C. The first-order chi connectivity index (χ1) is 6.50. The predicted molar refractivity (Wildman–Crippen MR) is 60.3 cm³/mol. The zero-order valence-corrected chi connectivity index (χ0v) is 10.0. The summed E-state index contributed by atoms with van der Waals surface area (Å²) in [7, 11) is 0. The molecule has 0 aromatic carbocycles. The third-order valence-corrected chi connectivity index (χ3v) is 3.14. The molecular weight excluding hydrogens is 174 g/mol. The molecule has 2 heteroatoms. The number of nitrogens with zero attached hydrogens (tertiary/aromatic N) is 1. The van der Waals surface area contributed by atoms with Crippen LogP contribution in [0.5, 0.6) is 0 Å². The molecule has 1 fully saturated rings. The Balaban J connectivity index is 2.54. The maximum Gasteiger partial charge on any atom is 0.0567 e. The Kier molecular flexibility index (Phi) is 4.39. The van der Waals surface area contributed by atoms with Gasteiger partial charge >= 0.3 is 0 Å². The normalized spacial score (nSPS) is 30.2. The molecule has 1 saturated heterocycles. The van der Waals surface area contributed by atoms with E-state index in [9.17, 15) is 5.11 Å². The van der Waals surface area contributed by atoms with Crippen LogP contribution in [0, 0.1) is 5.92 Å². The largest absolute Gasteiger partial charge is 0.393 e. The smallest absolute Gasteiger partial charge is 0.0567 e. The molecule has 2 unspecified atom stereocenters. The molecule has 0 amide bonds. The van der Waals surface area contributed by atoms with Crippen molar-refractivity contribution >= 4 is 0 Å². The van der Waals surface area contributed by atoms with E-state index in [0.29, 0.717) is 12.1 Å². The molecule has 0 aliphatic carbocycles. The van der Waals surface area contributed by atoms with E-state index in [-0.39, 0.29) is 6.10 Å². The Morgan fingerprint density at radius 2 is 1.93 bits per heavy atom. The quantitative estimate of drug-likeness (QED) is 0.753. The first-order valence-corrected chi connectivity index (χ1v) is 5.94. The van der Waals surface area contributed by atoms with E-state index in [1.807, 2.05) is 0 Å². The van der Waals surface area contributed by atoms with Crippen LogP contribution in [0.15, 0.2) is 0 Å². The van der Waals surface area contributed by atoms with E-state index in [0.717, 1.165) is 25.3 Å². The van der Waals surface area contributed by atoms with Crippen LogP contribution in [0.1, 0.15) is 47.0 Å². The lowest BCUT2D eigenvalue weighted by Gasteiger charge is -2.41. The number of piperidine rings is 1. The third-order valence-electron chi connectivity index (χ3n) is 3.14. The minimum absolute atomic E-state index is 0.0613. The average Bonchev–Trinajstić information content (AvgIpc) is 2.01. The summed E-state index contributed by atoms with van der Waals surface area (Å²) >= 11 is 0. The minimum Gasteiger partial charge on any atom is -0.393 e. The fourth-order valence-corrected chi connectivity index (χ4v) is 2.50. The predicted octanol–water partition coefficient (Wildman–Crippen LogP) is 2.27. The summed E-state index contributed by atoms with van der Waals surface area (Å²) in [6, 6.07) is 1.21. The van der Waals surface area contributed by atoms with Gasteiger partial charge in [0.25, 0.3) is 0 Å². The number of hydrogen-bond acceptors (Lipinski definition) is 2. The standard InChI is InChI=1S/C12H25NO/c1-9(2)7-11-8-12(14)5-6-13(11)10(3)4/h9-12,14H,5-8H2,1-4H3. The molecule has 0 radical (unpaired) electrons. The number of aliphatic hydroxyl groups excluding tert-OH is 1. The fourth-order valence-electron chi connectivity index (χ4n) is 2.50. The highest BCUT2D eigenvalue weighted by Crippen LogP contribution is 2.24. The fraction of sp³-hybridized carbons (Fsp3) is 1.00. The Morgan fingerprint density at radius 1 is 1.29 bits per heavy atom. The summed E-state index contributed by atoms with van der Waals surface area (Å²) in [5.41, 5.74) is 0. The first-order valence-electron chi connectivity index (χ1n) is 5.94. The van der Waals surface area contributed by atoms with Crippen LogP contribution in [0.4, 0.5) is 0 Å². The number of likely N-dealkylation sites (tertiary alicyclic amines) is 1. The van der Waals surface area contributed by atoms with E-state index in [4.69, 9.17) is 0 Å². The van der Waals surface area contributed by atoms with Crippen molar-refractivity contribution in [2.75, 3.05) is 6.54 Å². The maximum atomic E-state index is 9.67. The molecule has 1 N–H and O–H groups in total. The first kappa shape index (κ1) is 12.0. The lowest BCUT2D eigenvalue weighted by Crippen LogP contribution is -2.48. The second kappa shape index (κ2) is 5.13. The van der Waals surface area contributed by atoms with Gasteiger partial charge in [-0.1, -0.05) is 13.8 Å². The lowest BCUT2D eigenvalue weighted by molar-refractivity contribution is 0.0172. The van der Waals surface area contributed by atoms with Crippen molar-refractivity contribution in [1.29, 1.82) is 0 Å². The lowest BCUT2D eigenvalue weighted by atomic mass is 9.91. The number of aliphatic hydroxyl groups is 1. The summed E-state index contributed by atoms with van der Waals surface area (Å²) < 4.78 is 0. The van der Waals surface area contributed by atoms with Gasteiger partial charge in [0.05, 0.1) is 6.10 Å². The van der Waals surface area contributed by atoms with E-state index in [1.165, 1.54) is 6.42 Å². The van der Waals surface area contributed by atoms with Crippen molar-refractivity contribution in [1.82, 2.24) is 4.90 Å². The molecule has 0 saturated carbocycles. The van der Waals surface area contributed by atoms with Gasteiger partial charge in [0.15, 0.2) is 0 Å². The second-order valence-corrected chi connectivity index (χ2v) is 5.29. The van der Waals surface area contributed by atoms with E-state index in [2.05, 4.69) is 32.6 Å². The van der Waals surface area contributed by atoms with Crippen LogP contribution in [0.25, 0.3) is 0 Å². The van der Waals surface area contributed by atoms with Crippen molar-refractivity contribution in [2.45, 2.75) is 65.1 Å². The molecule has 0 spiro atoms. The molecule has 2 atom stereocenters. The van der Waals surface area contributed by atoms with Crippen LogP contribution in [0.2, 0.25) is 0 Å². The molecule has 14 heavy (non-hydrogen) atoms. The third kappa shape index (κ3) is 3.25. The molecule has 2 nitrogen and oxygen atoms in total. The van der Waals surface area contributed by atoms with Gasteiger partial charge in [0.2, 0.25) is 0 Å². The molecule has 1 aliphatic heterocycles. The van der Waals surface area contributed by atoms with Crippen molar-refractivity contribution in [3.63, 3.8) is 0 Å². The van der Waals surface area contributed by atoms with Gasteiger partial charge in [-0.05, 0) is 39.0 Å². The summed E-state index contributed by atoms with van der Waals surface area (Å²) in [6.45, 7) is 10.1. The van der Waals surface area contributed by atoms with Crippen molar-refractivity contribution < 1.29 is 5.11 Å². The van der Waals surface area contributed by atoms with E-state index >= 15 is 0 Å². The topological polar surface area (TPSA) is 23.5 Å². The van der Waals surface area contributed by atoms with Crippen LogP contribution >= 0.6 is 0 Å². The van der Waals surface area contributed by atoms with Crippen LogP contribution in [-0.4, -0.2) is 34.7 Å². The second-order valence-electron chi connectivity index (χ2n) is 5.29. The van der Waals surface area contributed by atoms with Gasteiger partial charge in [-0.2, -0.15) is 0 Å². The highest BCUT2D eigenvalue weighted by atomic mass is 16.3. The number of hydrogen-bond donors (Lipinski definition) is 1. The molecule has 84 valence electrons. The maximum absolute atomic E-state index is 9.67. The Hall–Kier alpha value is -0.0800. The molecule has 0 bridgehead atoms.